The molecule has 0 aliphatic rings. The lowest BCUT2D eigenvalue weighted by atomic mass is 10.2. The summed E-state index contributed by atoms with van der Waals surface area (Å²) < 4.78 is 6.75. The summed E-state index contributed by atoms with van der Waals surface area (Å²) in [6, 6.07) is 3.58. The van der Waals surface area contributed by atoms with Crippen molar-refractivity contribution in [3.63, 3.8) is 0 Å². The number of aromatic nitrogens is 1. The van der Waals surface area contributed by atoms with Crippen LogP contribution < -0.4 is 5.76 Å². The highest BCUT2D eigenvalue weighted by Gasteiger charge is 2.10. The summed E-state index contributed by atoms with van der Waals surface area (Å²) in [4.78, 5) is 11.5. The van der Waals surface area contributed by atoms with Gasteiger partial charge in [-0.2, -0.15) is 0 Å². The Kier molecular flexibility index (Phi) is 2.57. The van der Waals surface area contributed by atoms with Gasteiger partial charge in [-0.15, -0.1) is 0 Å². The smallest absolute Gasteiger partial charge is 0.408 e. The summed E-state index contributed by atoms with van der Waals surface area (Å²) in [5.74, 6) is -0.312. The van der Waals surface area contributed by atoms with Crippen LogP contribution in [0.5, 0.6) is 0 Å². The van der Waals surface area contributed by atoms with Crippen molar-refractivity contribution in [2.24, 2.45) is 0 Å². The molecule has 0 atom stereocenters. The standard InChI is InChI=1S/C11H12ClNO2/c1-3-4-13-9-6-8(12)7(2)5-10(9)15-11(13)14/h5-6H,3-4H2,1-2H3. The number of hydrogen-bond donors (Lipinski definition) is 0. The second-order valence-electron chi connectivity index (χ2n) is 3.59. The quantitative estimate of drug-likeness (QED) is 0.788. The number of aryl methyl sites for hydroxylation is 2. The van der Waals surface area contributed by atoms with Gasteiger partial charge < -0.3 is 4.42 Å². The lowest BCUT2D eigenvalue weighted by Crippen LogP contribution is -2.13. The Balaban J connectivity index is 2.76. The van der Waals surface area contributed by atoms with E-state index in [0.29, 0.717) is 17.2 Å². The van der Waals surface area contributed by atoms with E-state index in [0.717, 1.165) is 17.5 Å². The molecule has 3 nitrogen and oxygen atoms in total. The zero-order valence-electron chi connectivity index (χ0n) is 8.71. The molecule has 0 N–H and O–H groups in total. The molecule has 0 saturated carbocycles. The van der Waals surface area contributed by atoms with Gasteiger partial charge in [-0.3, -0.25) is 4.57 Å². The summed E-state index contributed by atoms with van der Waals surface area (Å²) >= 11 is 6.01. The molecular formula is C11H12ClNO2. The molecule has 0 unspecified atom stereocenters. The van der Waals surface area contributed by atoms with Gasteiger partial charge in [-0.1, -0.05) is 18.5 Å². The number of oxazole rings is 1. The van der Waals surface area contributed by atoms with E-state index in [9.17, 15) is 4.79 Å². The van der Waals surface area contributed by atoms with Gasteiger partial charge in [0.05, 0.1) is 5.52 Å². The van der Waals surface area contributed by atoms with Crippen LogP contribution in [0.15, 0.2) is 21.3 Å². The average molecular weight is 226 g/mol. The van der Waals surface area contributed by atoms with Gasteiger partial charge in [0.2, 0.25) is 0 Å². The molecule has 80 valence electrons. The summed E-state index contributed by atoms with van der Waals surface area (Å²) in [6.45, 7) is 4.56. The Bertz CT molecular complexity index is 553. The van der Waals surface area contributed by atoms with Crippen molar-refractivity contribution in [3.05, 3.63) is 33.3 Å². The van der Waals surface area contributed by atoms with Crippen LogP contribution in [-0.2, 0) is 6.54 Å². The van der Waals surface area contributed by atoms with E-state index >= 15 is 0 Å². The monoisotopic (exact) mass is 225 g/mol. The third-order valence-electron chi connectivity index (χ3n) is 2.40. The van der Waals surface area contributed by atoms with E-state index in [1.54, 1.807) is 16.7 Å². The van der Waals surface area contributed by atoms with E-state index in [1.165, 1.54) is 0 Å². The van der Waals surface area contributed by atoms with Crippen LogP contribution in [0.4, 0.5) is 0 Å². The lowest BCUT2D eigenvalue weighted by Gasteiger charge is -2.00. The van der Waals surface area contributed by atoms with Crippen molar-refractivity contribution in [1.82, 2.24) is 4.57 Å². The van der Waals surface area contributed by atoms with Gasteiger partial charge >= 0.3 is 5.76 Å². The minimum atomic E-state index is -0.312. The SMILES string of the molecule is CCCn1c(=O)oc2cc(C)c(Cl)cc21. The van der Waals surface area contributed by atoms with Crippen molar-refractivity contribution in [3.8, 4) is 0 Å². The Morgan fingerprint density at radius 1 is 1.47 bits per heavy atom. The van der Waals surface area contributed by atoms with Gasteiger partial charge in [0, 0.05) is 11.6 Å². The van der Waals surface area contributed by atoms with Crippen LogP contribution in [0.1, 0.15) is 18.9 Å². The van der Waals surface area contributed by atoms with Gasteiger partial charge in [-0.05, 0) is 31.0 Å². The first-order valence-electron chi connectivity index (χ1n) is 4.93. The Labute approximate surface area is 92.3 Å². The first-order chi connectivity index (χ1) is 7.13. The van der Waals surface area contributed by atoms with Crippen LogP contribution in [-0.4, -0.2) is 4.57 Å². The second-order valence-corrected chi connectivity index (χ2v) is 4.00. The Hall–Kier alpha value is -1.22. The van der Waals surface area contributed by atoms with Crippen LogP contribution in [0, 0.1) is 6.92 Å². The molecule has 0 radical (unpaired) electrons. The average Bonchev–Trinajstić information content (AvgIpc) is 2.46. The second kappa shape index (κ2) is 3.74. The molecule has 4 heteroatoms. The van der Waals surface area contributed by atoms with E-state index in [4.69, 9.17) is 16.0 Å². The lowest BCUT2D eigenvalue weighted by molar-refractivity contribution is 0.502. The van der Waals surface area contributed by atoms with Crippen molar-refractivity contribution >= 4 is 22.7 Å². The molecule has 1 aromatic carbocycles. The third kappa shape index (κ3) is 1.67. The van der Waals surface area contributed by atoms with E-state index in [-0.39, 0.29) is 5.76 Å². The fourth-order valence-electron chi connectivity index (χ4n) is 1.62. The molecule has 1 heterocycles. The minimum Gasteiger partial charge on any atom is -0.408 e. The Morgan fingerprint density at radius 3 is 2.87 bits per heavy atom. The largest absolute Gasteiger partial charge is 0.419 e. The molecule has 0 aliphatic heterocycles. The van der Waals surface area contributed by atoms with Gasteiger partial charge in [0.15, 0.2) is 5.58 Å². The summed E-state index contributed by atoms with van der Waals surface area (Å²) in [6.07, 6.45) is 0.889. The van der Waals surface area contributed by atoms with E-state index < -0.39 is 0 Å². The molecule has 0 aliphatic carbocycles. The molecule has 0 spiro atoms. The first kappa shape index (κ1) is 10.3. The van der Waals surface area contributed by atoms with Crippen LogP contribution in [0.3, 0.4) is 0 Å². The fraction of sp³-hybridized carbons (Fsp3) is 0.364. The number of fused-ring (bicyclic) bond motifs is 1. The minimum absolute atomic E-state index is 0.312. The topological polar surface area (TPSA) is 35.1 Å². The van der Waals surface area contributed by atoms with Crippen LogP contribution >= 0.6 is 11.6 Å². The molecule has 15 heavy (non-hydrogen) atoms. The van der Waals surface area contributed by atoms with Crippen LogP contribution in [0.25, 0.3) is 11.1 Å². The number of hydrogen-bond acceptors (Lipinski definition) is 2. The van der Waals surface area contributed by atoms with Crippen LogP contribution in [0.2, 0.25) is 5.02 Å². The molecule has 0 amide bonds. The summed E-state index contributed by atoms with van der Waals surface area (Å²) in [5.41, 5.74) is 2.30. The number of halogens is 1. The predicted octanol–water partition coefficient (Wildman–Crippen LogP) is 2.97. The maximum Gasteiger partial charge on any atom is 0.419 e. The highest BCUT2D eigenvalue weighted by Crippen LogP contribution is 2.22. The molecule has 0 fully saturated rings. The number of benzene rings is 1. The first-order valence-corrected chi connectivity index (χ1v) is 5.30. The summed E-state index contributed by atoms with van der Waals surface area (Å²) in [7, 11) is 0. The fourth-order valence-corrected chi connectivity index (χ4v) is 1.78. The molecular weight excluding hydrogens is 214 g/mol. The van der Waals surface area contributed by atoms with Gasteiger partial charge in [-0.25, -0.2) is 4.79 Å². The molecule has 0 bridgehead atoms. The van der Waals surface area contributed by atoms with E-state index in [2.05, 4.69) is 0 Å². The van der Waals surface area contributed by atoms with Gasteiger partial charge in [0.25, 0.3) is 0 Å². The normalized spacial score (nSPS) is 11.1. The molecule has 0 saturated heterocycles. The van der Waals surface area contributed by atoms with Crippen molar-refractivity contribution < 1.29 is 4.42 Å². The van der Waals surface area contributed by atoms with E-state index in [1.807, 2.05) is 13.8 Å². The zero-order valence-corrected chi connectivity index (χ0v) is 9.47. The summed E-state index contributed by atoms with van der Waals surface area (Å²) in [5, 5.41) is 0.660. The van der Waals surface area contributed by atoms with Crippen molar-refractivity contribution in [2.75, 3.05) is 0 Å². The zero-order chi connectivity index (χ0) is 11.0. The Morgan fingerprint density at radius 2 is 2.20 bits per heavy atom. The van der Waals surface area contributed by atoms with Crippen molar-refractivity contribution in [1.29, 1.82) is 0 Å². The highest BCUT2D eigenvalue weighted by atomic mass is 35.5. The maximum atomic E-state index is 11.5. The number of nitrogens with zero attached hydrogens (tertiary/aromatic N) is 1. The molecule has 1 aromatic heterocycles. The number of rotatable bonds is 2. The maximum absolute atomic E-state index is 11.5. The highest BCUT2D eigenvalue weighted by molar-refractivity contribution is 6.32. The predicted molar refractivity (Wildman–Crippen MR) is 60.5 cm³/mol. The van der Waals surface area contributed by atoms with Crippen molar-refractivity contribution in [2.45, 2.75) is 26.8 Å². The third-order valence-corrected chi connectivity index (χ3v) is 2.80. The molecule has 2 rings (SSSR count). The van der Waals surface area contributed by atoms with Gasteiger partial charge in [0.1, 0.15) is 0 Å². The molecule has 2 aromatic rings.